The van der Waals surface area contributed by atoms with Crippen molar-refractivity contribution in [2.45, 2.75) is 33.6 Å². The highest BCUT2D eigenvalue weighted by Gasteiger charge is 2.22. The van der Waals surface area contributed by atoms with Gasteiger partial charge >= 0.3 is 0 Å². The number of benzene rings is 2. The number of carbonyl (C=O) groups is 1. The molecule has 7 heteroatoms. The number of nitrogens with zero attached hydrogens (tertiary/aromatic N) is 3. The van der Waals surface area contributed by atoms with E-state index in [1.807, 2.05) is 39.1 Å². The average Bonchev–Trinajstić information content (AvgIpc) is 3.14. The Kier molecular flexibility index (Phi) is 6.33. The van der Waals surface area contributed by atoms with Crippen LogP contribution in [0.1, 0.15) is 46.4 Å². The number of anilines is 3. The molecular weight excluding hydrogens is 432 g/mol. The molecular formula is C26H28N4O2S. The second-order valence-electron chi connectivity index (χ2n) is 8.32. The Balaban J connectivity index is 1.72. The van der Waals surface area contributed by atoms with Gasteiger partial charge in [0, 0.05) is 24.5 Å². The van der Waals surface area contributed by atoms with Gasteiger partial charge in [-0.1, -0.05) is 32.0 Å². The minimum Gasteiger partial charge on any atom is -0.497 e. The third-order valence-corrected chi connectivity index (χ3v) is 6.87. The van der Waals surface area contributed by atoms with Gasteiger partial charge in [0.2, 0.25) is 0 Å². The topological polar surface area (TPSA) is 67.3 Å². The predicted molar refractivity (Wildman–Crippen MR) is 136 cm³/mol. The molecule has 0 fully saturated rings. The molecule has 0 unspecified atom stereocenters. The lowest BCUT2D eigenvalue weighted by Gasteiger charge is -2.20. The smallest absolute Gasteiger partial charge is 0.266 e. The van der Waals surface area contributed by atoms with Gasteiger partial charge in [-0.3, -0.25) is 4.79 Å². The SMILES string of the molecule is COc1cccc(NC(=O)c2sc3nc(C)nc(N(C)c4ccc(C(C)C)cc4)c3c2C)c1. The largest absolute Gasteiger partial charge is 0.497 e. The number of aromatic nitrogens is 2. The van der Waals surface area contributed by atoms with E-state index in [-0.39, 0.29) is 5.91 Å². The van der Waals surface area contributed by atoms with E-state index < -0.39 is 0 Å². The molecule has 2 aromatic heterocycles. The maximum absolute atomic E-state index is 13.1. The van der Waals surface area contributed by atoms with Gasteiger partial charge < -0.3 is 15.0 Å². The number of hydrogen-bond acceptors (Lipinski definition) is 6. The summed E-state index contributed by atoms with van der Waals surface area (Å²) in [7, 11) is 3.60. The average molecular weight is 461 g/mol. The van der Waals surface area contributed by atoms with Gasteiger partial charge in [-0.05, 0) is 55.2 Å². The molecule has 2 heterocycles. The summed E-state index contributed by atoms with van der Waals surface area (Å²) in [6.07, 6.45) is 0. The number of amides is 1. The quantitative estimate of drug-likeness (QED) is 0.358. The third kappa shape index (κ3) is 4.54. The molecule has 170 valence electrons. The fraction of sp³-hybridized carbons (Fsp3) is 0.269. The first-order valence-corrected chi connectivity index (χ1v) is 11.7. The Bertz CT molecular complexity index is 1310. The first-order chi connectivity index (χ1) is 15.8. The van der Waals surface area contributed by atoms with Crippen LogP contribution in [0.25, 0.3) is 10.2 Å². The van der Waals surface area contributed by atoms with Crippen LogP contribution >= 0.6 is 11.3 Å². The molecule has 4 aromatic rings. The first-order valence-electron chi connectivity index (χ1n) is 10.8. The van der Waals surface area contributed by atoms with Crippen LogP contribution in [0.4, 0.5) is 17.2 Å². The van der Waals surface area contributed by atoms with Gasteiger partial charge in [0.15, 0.2) is 0 Å². The molecule has 0 aliphatic rings. The number of ether oxygens (including phenoxy) is 1. The number of rotatable bonds is 6. The number of methoxy groups -OCH3 is 1. The molecule has 0 spiro atoms. The second kappa shape index (κ2) is 9.19. The van der Waals surface area contributed by atoms with Crippen LogP contribution in [0.2, 0.25) is 0 Å². The summed E-state index contributed by atoms with van der Waals surface area (Å²) in [6, 6.07) is 15.8. The number of hydrogen-bond donors (Lipinski definition) is 1. The summed E-state index contributed by atoms with van der Waals surface area (Å²) in [5.41, 5.74) is 3.88. The monoisotopic (exact) mass is 460 g/mol. The zero-order chi connectivity index (χ0) is 23.7. The Morgan fingerprint density at radius 3 is 2.48 bits per heavy atom. The molecule has 1 N–H and O–H groups in total. The molecule has 6 nitrogen and oxygen atoms in total. The Hall–Kier alpha value is -3.45. The molecule has 0 atom stereocenters. The van der Waals surface area contributed by atoms with E-state index in [9.17, 15) is 4.79 Å². The van der Waals surface area contributed by atoms with Gasteiger partial charge in [0.25, 0.3) is 5.91 Å². The fourth-order valence-corrected chi connectivity index (χ4v) is 4.89. The van der Waals surface area contributed by atoms with Crippen LogP contribution in [0.5, 0.6) is 5.75 Å². The number of aryl methyl sites for hydroxylation is 2. The summed E-state index contributed by atoms with van der Waals surface area (Å²) in [5, 5.41) is 3.88. The molecule has 0 aliphatic heterocycles. The van der Waals surface area contributed by atoms with Crippen molar-refractivity contribution in [2.75, 3.05) is 24.4 Å². The van der Waals surface area contributed by atoms with Crippen LogP contribution in [0.3, 0.4) is 0 Å². The summed E-state index contributed by atoms with van der Waals surface area (Å²) in [5.74, 6) is 2.46. The summed E-state index contributed by atoms with van der Waals surface area (Å²) in [4.78, 5) is 26.0. The van der Waals surface area contributed by atoms with Gasteiger partial charge in [-0.15, -0.1) is 11.3 Å². The third-order valence-electron chi connectivity index (χ3n) is 5.68. The fourth-order valence-electron chi connectivity index (χ4n) is 3.77. The van der Waals surface area contributed by atoms with Crippen molar-refractivity contribution in [2.24, 2.45) is 0 Å². The van der Waals surface area contributed by atoms with Crippen molar-refractivity contribution < 1.29 is 9.53 Å². The molecule has 0 bridgehead atoms. The first kappa shape index (κ1) is 22.7. The van der Waals surface area contributed by atoms with Crippen molar-refractivity contribution in [3.05, 3.63) is 70.4 Å². The second-order valence-corrected chi connectivity index (χ2v) is 9.32. The Morgan fingerprint density at radius 1 is 1.09 bits per heavy atom. The van der Waals surface area contributed by atoms with E-state index in [1.54, 1.807) is 13.2 Å². The van der Waals surface area contributed by atoms with Crippen LogP contribution in [0.15, 0.2) is 48.5 Å². The highest BCUT2D eigenvalue weighted by atomic mass is 32.1. The van der Waals surface area contributed by atoms with E-state index >= 15 is 0 Å². The van der Waals surface area contributed by atoms with Crippen molar-refractivity contribution >= 4 is 44.7 Å². The molecule has 1 amide bonds. The normalized spacial score (nSPS) is 11.1. The van der Waals surface area contributed by atoms with Crippen LogP contribution < -0.4 is 15.0 Å². The molecule has 33 heavy (non-hydrogen) atoms. The molecule has 0 aliphatic carbocycles. The summed E-state index contributed by atoms with van der Waals surface area (Å²) >= 11 is 1.39. The highest BCUT2D eigenvalue weighted by molar-refractivity contribution is 7.20. The Morgan fingerprint density at radius 2 is 1.82 bits per heavy atom. The maximum Gasteiger partial charge on any atom is 0.266 e. The van der Waals surface area contributed by atoms with E-state index in [0.29, 0.717) is 28.1 Å². The van der Waals surface area contributed by atoms with E-state index in [0.717, 1.165) is 27.3 Å². The van der Waals surface area contributed by atoms with Crippen molar-refractivity contribution in [1.82, 2.24) is 9.97 Å². The number of carbonyl (C=O) groups excluding carboxylic acids is 1. The minimum atomic E-state index is -0.170. The summed E-state index contributed by atoms with van der Waals surface area (Å²) < 4.78 is 5.26. The van der Waals surface area contributed by atoms with Gasteiger partial charge in [0.05, 0.1) is 17.4 Å². The minimum absolute atomic E-state index is 0.170. The molecule has 0 saturated carbocycles. The van der Waals surface area contributed by atoms with Crippen LogP contribution in [-0.4, -0.2) is 30.0 Å². The highest BCUT2D eigenvalue weighted by Crippen LogP contribution is 2.38. The predicted octanol–water partition coefficient (Wildman–Crippen LogP) is 6.46. The van der Waals surface area contributed by atoms with E-state index in [4.69, 9.17) is 9.72 Å². The maximum atomic E-state index is 13.1. The lowest BCUT2D eigenvalue weighted by atomic mass is 10.0. The molecule has 4 rings (SSSR count). The van der Waals surface area contributed by atoms with Gasteiger partial charge in [-0.25, -0.2) is 9.97 Å². The van der Waals surface area contributed by atoms with Gasteiger partial charge in [0.1, 0.15) is 22.2 Å². The molecule has 0 saturated heterocycles. The lowest BCUT2D eigenvalue weighted by molar-refractivity contribution is 0.103. The standard InChI is InChI=1S/C26H28N4O2S/c1-15(2)18-10-12-20(13-11-18)30(5)24-22-16(3)23(33-26(22)28-17(4)27-24)25(31)29-19-8-7-9-21(14-19)32-6/h7-15H,1-6H3,(H,29,31). The Labute approximate surface area is 198 Å². The van der Waals surface area contributed by atoms with Crippen LogP contribution in [-0.2, 0) is 0 Å². The van der Waals surface area contributed by atoms with E-state index in [1.165, 1.54) is 16.9 Å². The van der Waals surface area contributed by atoms with Crippen molar-refractivity contribution in [3.8, 4) is 5.75 Å². The zero-order valence-corrected chi connectivity index (χ0v) is 20.6. The lowest BCUT2D eigenvalue weighted by Crippen LogP contribution is -2.13. The van der Waals surface area contributed by atoms with Crippen LogP contribution in [0, 0.1) is 13.8 Å². The van der Waals surface area contributed by atoms with Crippen molar-refractivity contribution in [1.29, 1.82) is 0 Å². The molecule has 0 radical (unpaired) electrons. The number of nitrogens with one attached hydrogen (secondary N) is 1. The number of fused-ring (bicyclic) bond motifs is 1. The molecule has 2 aromatic carbocycles. The van der Waals surface area contributed by atoms with Crippen molar-refractivity contribution in [3.63, 3.8) is 0 Å². The van der Waals surface area contributed by atoms with Gasteiger partial charge in [-0.2, -0.15) is 0 Å². The summed E-state index contributed by atoms with van der Waals surface area (Å²) in [6.45, 7) is 8.20. The zero-order valence-electron chi connectivity index (χ0n) is 19.8. The number of thiophene rings is 1. The van der Waals surface area contributed by atoms with E-state index in [2.05, 4.69) is 53.3 Å².